The minimum Gasteiger partial charge on any atom is -0.461 e. The highest BCUT2D eigenvalue weighted by Gasteiger charge is 2.38. The predicted octanol–water partition coefficient (Wildman–Crippen LogP) is 3.30. The molecule has 1 aliphatic rings. The molecule has 0 saturated heterocycles. The minimum absolute atomic E-state index is 0.00611. The lowest BCUT2D eigenvalue weighted by Crippen LogP contribution is -2.44. The maximum Gasteiger partial charge on any atom is 0.355 e. The first-order valence-corrected chi connectivity index (χ1v) is 9.62. The lowest BCUT2D eigenvalue weighted by Gasteiger charge is -2.27. The Kier molecular flexibility index (Phi) is 6.63. The zero-order valence-electron chi connectivity index (χ0n) is 17.0. The summed E-state index contributed by atoms with van der Waals surface area (Å²) in [6, 6.07) is -0.615. The molecule has 0 aliphatic heterocycles. The molecule has 0 spiro atoms. The van der Waals surface area contributed by atoms with Gasteiger partial charge in [-0.1, -0.05) is 6.08 Å². The summed E-state index contributed by atoms with van der Waals surface area (Å²) in [4.78, 5) is 39.9. The van der Waals surface area contributed by atoms with E-state index < -0.39 is 12.0 Å². The van der Waals surface area contributed by atoms with Crippen LogP contribution in [0, 0.1) is 19.8 Å². The fraction of sp³-hybridized carbons (Fsp3) is 0.571. The monoisotopic (exact) mass is 374 g/mol. The molecule has 6 nitrogen and oxygen atoms in total. The summed E-state index contributed by atoms with van der Waals surface area (Å²) in [5.41, 5.74) is 2.26. The largest absolute Gasteiger partial charge is 0.461 e. The lowest BCUT2D eigenvalue weighted by molar-refractivity contribution is -0.133. The van der Waals surface area contributed by atoms with Gasteiger partial charge in [-0.25, -0.2) is 4.79 Å². The van der Waals surface area contributed by atoms with Crippen LogP contribution in [0.4, 0.5) is 0 Å². The van der Waals surface area contributed by atoms with Crippen LogP contribution >= 0.6 is 0 Å². The van der Waals surface area contributed by atoms with Crippen LogP contribution in [0.5, 0.6) is 0 Å². The summed E-state index contributed by atoms with van der Waals surface area (Å²) in [5, 5.41) is 0. The fourth-order valence-electron chi connectivity index (χ4n) is 3.61. The van der Waals surface area contributed by atoms with Gasteiger partial charge < -0.3 is 14.2 Å². The van der Waals surface area contributed by atoms with Crippen LogP contribution in [-0.4, -0.2) is 46.3 Å². The second kappa shape index (κ2) is 8.55. The fourth-order valence-corrected chi connectivity index (χ4v) is 3.61. The zero-order valence-corrected chi connectivity index (χ0v) is 17.0. The van der Waals surface area contributed by atoms with E-state index in [2.05, 4.69) is 6.58 Å². The zero-order chi connectivity index (χ0) is 20.3. The van der Waals surface area contributed by atoms with Crippen molar-refractivity contribution in [3.8, 4) is 0 Å². The number of ether oxygens (including phenoxy) is 1. The van der Waals surface area contributed by atoms with Crippen LogP contribution in [-0.2, 0) is 16.1 Å². The van der Waals surface area contributed by atoms with Crippen LogP contribution in [0.15, 0.2) is 12.7 Å². The van der Waals surface area contributed by atoms with Gasteiger partial charge >= 0.3 is 5.97 Å². The van der Waals surface area contributed by atoms with Gasteiger partial charge in [0, 0.05) is 30.3 Å². The SMILES string of the molecule is C=CCN(C(=O)C1CC1)C(C)C(=O)c1c(C)c(C(=O)OCC)n(CC)c1C. The summed E-state index contributed by atoms with van der Waals surface area (Å²) in [5.74, 6) is -0.549. The van der Waals surface area contributed by atoms with Gasteiger partial charge in [-0.15, -0.1) is 6.58 Å². The molecule has 6 heteroatoms. The van der Waals surface area contributed by atoms with Crippen molar-refractivity contribution in [3.05, 3.63) is 35.2 Å². The number of nitrogens with zero attached hydrogens (tertiary/aromatic N) is 2. The first-order valence-electron chi connectivity index (χ1n) is 9.62. The van der Waals surface area contributed by atoms with Gasteiger partial charge in [0.1, 0.15) is 5.69 Å². The van der Waals surface area contributed by atoms with Crippen LogP contribution in [0.25, 0.3) is 0 Å². The highest BCUT2D eigenvalue weighted by atomic mass is 16.5. The molecule has 1 heterocycles. The molecule has 1 aromatic heterocycles. The van der Waals surface area contributed by atoms with Crippen molar-refractivity contribution >= 4 is 17.7 Å². The van der Waals surface area contributed by atoms with E-state index in [0.717, 1.165) is 18.5 Å². The molecule has 1 unspecified atom stereocenters. The maximum atomic E-state index is 13.3. The summed E-state index contributed by atoms with van der Waals surface area (Å²) in [7, 11) is 0. The summed E-state index contributed by atoms with van der Waals surface area (Å²) < 4.78 is 6.99. The van der Waals surface area contributed by atoms with Gasteiger partial charge in [0.15, 0.2) is 5.78 Å². The van der Waals surface area contributed by atoms with Crippen LogP contribution in [0.3, 0.4) is 0 Å². The third-order valence-corrected chi connectivity index (χ3v) is 5.18. The second-order valence-corrected chi connectivity index (χ2v) is 6.99. The van der Waals surface area contributed by atoms with E-state index in [1.807, 2.05) is 18.4 Å². The van der Waals surface area contributed by atoms with Gasteiger partial charge in [-0.2, -0.15) is 0 Å². The normalized spacial score (nSPS) is 14.6. The lowest BCUT2D eigenvalue weighted by atomic mass is 9.99. The third kappa shape index (κ3) is 3.99. The molecule has 0 bridgehead atoms. The summed E-state index contributed by atoms with van der Waals surface area (Å²) in [6.07, 6.45) is 3.40. The molecule has 0 N–H and O–H groups in total. The van der Waals surface area contributed by atoms with Crippen molar-refractivity contribution in [1.82, 2.24) is 9.47 Å². The van der Waals surface area contributed by atoms with E-state index in [1.165, 1.54) is 0 Å². The Balaban J connectivity index is 2.43. The molecule has 0 aromatic carbocycles. The van der Waals surface area contributed by atoms with Crippen molar-refractivity contribution in [2.75, 3.05) is 13.2 Å². The molecule has 0 radical (unpaired) electrons. The third-order valence-electron chi connectivity index (χ3n) is 5.18. The van der Waals surface area contributed by atoms with E-state index >= 15 is 0 Å². The Morgan fingerprint density at radius 3 is 2.41 bits per heavy atom. The number of hydrogen-bond donors (Lipinski definition) is 0. The quantitative estimate of drug-likeness (QED) is 0.378. The summed E-state index contributed by atoms with van der Waals surface area (Å²) in [6.45, 7) is 13.9. The number of esters is 1. The van der Waals surface area contributed by atoms with E-state index in [1.54, 1.807) is 31.7 Å². The maximum absolute atomic E-state index is 13.3. The molecule has 2 rings (SSSR count). The number of hydrogen-bond acceptors (Lipinski definition) is 4. The Bertz CT molecular complexity index is 759. The molecule has 1 aliphatic carbocycles. The van der Waals surface area contributed by atoms with Gasteiger partial charge in [0.05, 0.1) is 12.6 Å². The number of carbonyl (C=O) groups excluding carboxylic acids is 3. The number of rotatable bonds is 9. The molecule has 1 amide bonds. The first-order chi connectivity index (χ1) is 12.8. The number of ketones is 1. The Labute approximate surface area is 161 Å². The standard InChI is InChI=1S/C21H30N2O4/c1-7-12-23(20(25)16-10-11-16)15(6)19(24)17-13(4)18(21(26)27-9-3)22(8-2)14(17)5/h7,15-16H,1,8-12H2,2-6H3. The number of aromatic nitrogens is 1. The van der Waals surface area contributed by atoms with Crippen molar-refractivity contribution in [2.24, 2.45) is 5.92 Å². The van der Waals surface area contributed by atoms with Crippen LogP contribution in [0.1, 0.15) is 65.7 Å². The van der Waals surface area contributed by atoms with E-state index in [9.17, 15) is 14.4 Å². The van der Waals surface area contributed by atoms with E-state index in [4.69, 9.17) is 4.74 Å². The minimum atomic E-state index is -0.615. The average Bonchev–Trinajstić information content (AvgIpc) is 3.44. The van der Waals surface area contributed by atoms with Gasteiger partial charge in [-0.05, 0) is 53.0 Å². The molecular formula is C21H30N2O4. The van der Waals surface area contributed by atoms with E-state index in [-0.39, 0.29) is 24.2 Å². The Morgan fingerprint density at radius 1 is 1.30 bits per heavy atom. The average molecular weight is 374 g/mol. The number of carbonyl (C=O) groups is 3. The van der Waals surface area contributed by atoms with Crippen molar-refractivity contribution in [3.63, 3.8) is 0 Å². The molecule has 1 aromatic rings. The molecule has 1 atom stereocenters. The van der Waals surface area contributed by atoms with Gasteiger partial charge in [-0.3, -0.25) is 9.59 Å². The van der Waals surface area contributed by atoms with Crippen molar-refractivity contribution in [1.29, 1.82) is 0 Å². The predicted molar refractivity (Wildman–Crippen MR) is 104 cm³/mol. The highest BCUT2D eigenvalue weighted by Crippen LogP contribution is 2.32. The highest BCUT2D eigenvalue weighted by molar-refractivity contribution is 6.06. The molecule has 1 saturated carbocycles. The van der Waals surface area contributed by atoms with Crippen molar-refractivity contribution in [2.45, 2.75) is 60.0 Å². The smallest absolute Gasteiger partial charge is 0.355 e. The number of amides is 1. The van der Waals surface area contributed by atoms with E-state index in [0.29, 0.717) is 29.9 Å². The second-order valence-electron chi connectivity index (χ2n) is 6.99. The van der Waals surface area contributed by atoms with Gasteiger partial charge in [0.2, 0.25) is 5.91 Å². The molecule has 148 valence electrons. The molecular weight excluding hydrogens is 344 g/mol. The topological polar surface area (TPSA) is 68.6 Å². The molecule has 1 fully saturated rings. The Morgan fingerprint density at radius 2 is 1.93 bits per heavy atom. The van der Waals surface area contributed by atoms with Crippen LogP contribution < -0.4 is 0 Å². The summed E-state index contributed by atoms with van der Waals surface area (Å²) >= 11 is 0. The molecule has 27 heavy (non-hydrogen) atoms. The number of Topliss-reactive ketones (excluding diaryl/α,β-unsaturated/α-hetero) is 1. The van der Waals surface area contributed by atoms with Crippen LogP contribution in [0.2, 0.25) is 0 Å². The Hall–Kier alpha value is -2.37. The van der Waals surface area contributed by atoms with Gasteiger partial charge in [0.25, 0.3) is 0 Å². The van der Waals surface area contributed by atoms with Crippen molar-refractivity contribution < 1.29 is 19.1 Å². The first kappa shape index (κ1) is 20.9.